The molecule has 0 radical (unpaired) electrons. The van der Waals surface area contributed by atoms with E-state index in [9.17, 15) is 4.79 Å². The molecular formula is C20H18N2O2S. The second-order valence-electron chi connectivity index (χ2n) is 5.91. The molecular weight excluding hydrogens is 332 g/mol. The van der Waals surface area contributed by atoms with Gasteiger partial charge in [-0.1, -0.05) is 48.9 Å². The largest absolute Gasteiger partial charge is 0.494 e. The molecule has 25 heavy (non-hydrogen) atoms. The van der Waals surface area contributed by atoms with Crippen LogP contribution in [0.25, 0.3) is 22.1 Å². The molecule has 0 atom stereocenters. The average Bonchev–Trinajstić information content (AvgIpc) is 3.13. The van der Waals surface area contributed by atoms with E-state index in [1.54, 1.807) is 4.40 Å². The molecule has 5 heteroatoms. The fourth-order valence-corrected chi connectivity index (χ4v) is 3.74. The Balaban J connectivity index is 1.69. The first-order chi connectivity index (χ1) is 12.3. The third-order valence-electron chi connectivity index (χ3n) is 4.09. The van der Waals surface area contributed by atoms with E-state index in [1.807, 2.05) is 54.6 Å². The Morgan fingerprint density at radius 1 is 1.16 bits per heavy atom. The minimum atomic E-state index is -0.0167. The first-order valence-corrected chi connectivity index (χ1v) is 9.22. The summed E-state index contributed by atoms with van der Waals surface area (Å²) in [5.41, 5.74) is 2.68. The smallest absolute Gasteiger partial charge is 0.274 e. The highest BCUT2D eigenvalue weighted by molar-refractivity contribution is 7.15. The van der Waals surface area contributed by atoms with Gasteiger partial charge in [0.25, 0.3) is 5.56 Å². The number of para-hydroxylation sites is 2. The summed E-state index contributed by atoms with van der Waals surface area (Å²) in [5.74, 6) is 0.861. The fraction of sp³-hybridized carbons (Fsp3) is 0.200. The van der Waals surface area contributed by atoms with Crippen LogP contribution in [0.5, 0.6) is 5.75 Å². The first-order valence-electron chi connectivity index (χ1n) is 8.41. The quantitative estimate of drug-likeness (QED) is 0.516. The molecule has 0 N–H and O–H groups in total. The summed E-state index contributed by atoms with van der Waals surface area (Å²) in [4.78, 5) is 18.0. The number of nitrogens with zero attached hydrogens (tertiary/aromatic N) is 2. The summed E-state index contributed by atoms with van der Waals surface area (Å²) < 4.78 is 8.05. The Kier molecular flexibility index (Phi) is 4.24. The average molecular weight is 350 g/mol. The number of unbranched alkanes of at least 4 members (excludes halogenated alkanes) is 1. The van der Waals surface area contributed by atoms with Gasteiger partial charge in [-0.05, 0) is 42.3 Å². The summed E-state index contributed by atoms with van der Waals surface area (Å²) in [6, 6.07) is 15.5. The zero-order valence-corrected chi connectivity index (χ0v) is 14.8. The number of aromatic nitrogens is 2. The topological polar surface area (TPSA) is 43.6 Å². The van der Waals surface area contributed by atoms with Crippen LogP contribution in [0, 0.1) is 0 Å². The standard InChI is InChI=1S/C20H18N2O2S/c1-2-3-12-24-15-10-8-14(9-11-15)13-18-19(23)22-17-7-5-4-6-16(17)21-20(22)25-18/h4-11,13H,2-3,12H2,1H3/b18-13-. The van der Waals surface area contributed by atoms with Gasteiger partial charge in [-0.2, -0.15) is 0 Å². The Morgan fingerprint density at radius 2 is 1.96 bits per heavy atom. The summed E-state index contributed by atoms with van der Waals surface area (Å²) >= 11 is 1.42. The zero-order valence-electron chi connectivity index (χ0n) is 13.9. The van der Waals surface area contributed by atoms with Gasteiger partial charge in [-0.25, -0.2) is 9.38 Å². The predicted molar refractivity (Wildman–Crippen MR) is 102 cm³/mol. The van der Waals surface area contributed by atoms with Crippen molar-refractivity contribution < 1.29 is 4.74 Å². The first kappa shape index (κ1) is 15.8. The van der Waals surface area contributed by atoms with E-state index in [2.05, 4.69) is 11.9 Å². The Hall–Kier alpha value is -2.66. The molecule has 0 spiro atoms. The van der Waals surface area contributed by atoms with Gasteiger partial charge in [0.05, 0.1) is 22.2 Å². The van der Waals surface area contributed by atoms with Crippen LogP contribution < -0.4 is 14.8 Å². The second kappa shape index (κ2) is 6.69. The fourth-order valence-electron chi connectivity index (χ4n) is 2.76. The molecule has 0 saturated heterocycles. The van der Waals surface area contributed by atoms with Gasteiger partial charge in [0, 0.05) is 0 Å². The molecule has 4 aromatic rings. The van der Waals surface area contributed by atoms with E-state index < -0.39 is 0 Å². The van der Waals surface area contributed by atoms with E-state index in [4.69, 9.17) is 4.74 Å². The molecule has 2 aromatic heterocycles. The Morgan fingerprint density at radius 3 is 2.76 bits per heavy atom. The molecule has 0 aliphatic rings. The third kappa shape index (κ3) is 3.03. The van der Waals surface area contributed by atoms with Crippen molar-refractivity contribution in [3.05, 3.63) is 69.0 Å². The van der Waals surface area contributed by atoms with Crippen LogP contribution in [0.4, 0.5) is 0 Å². The van der Waals surface area contributed by atoms with Crippen molar-refractivity contribution in [2.75, 3.05) is 6.61 Å². The Bertz CT molecular complexity index is 1130. The lowest BCUT2D eigenvalue weighted by molar-refractivity contribution is 0.309. The van der Waals surface area contributed by atoms with Crippen molar-refractivity contribution in [3.8, 4) is 5.75 Å². The molecule has 0 aliphatic heterocycles. The van der Waals surface area contributed by atoms with Crippen molar-refractivity contribution >= 4 is 33.4 Å². The van der Waals surface area contributed by atoms with Crippen LogP contribution in [-0.2, 0) is 0 Å². The summed E-state index contributed by atoms with van der Waals surface area (Å²) in [6.07, 6.45) is 4.08. The number of thiazole rings is 1. The normalized spacial score (nSPS) is 12.3. The van der Waals surface area contributed by atoms with Gasteiger partial charge < -0.3 is 4.74 Å². The number of rotatable bonds is 5. The lowest BCUT2D eigenvalue weighted by Gasteiger charge is -2.04. The number of benzene rings is 2. The number of hydrogen-bond donors (Lipinski definition) is 0. The highest BCUT2D eigenvalue weighted by Gasteiger charge is 2.10. The van der Waals surface area contributed by atoms with Gasteiger partial charge >= 0.3 is 0 Å². The van der Waals surface area contributed by atoms with E-state index in [0.717, 1.165) is 46.8 Å². The number of imidazole rings is 1. The molecule has 0 bridgehead atoms. The third-order valence-corrected chi connectivity index (χ3v) is 5.06. The van der Waals surface area contributed by atoms with Crippen molar-refractivity contribution in [1.29, 1.82) is 0 Å². The lowest BCUT2D eigenvalue weighted by Crippen LogP contribution is -2.22. The van der Waals surface area contributed by atoms with Crippen LogP contribution >= 0.6 is 11.3 Å². The van der Waals surface area contributed by atoms with Gasteiger partial charge in [0.15, 0.2) is 4.96 Å². The lowest BCUT2D eigenvalue weighted by atomic mass is 10.2. The number of ether oxygens (including phenoxy) is 1. The van der Waals surface area contributed by atoms with Crippen LogP contribution in [-0.4, -0.2) is 16.0 Å². The van der Waals surface area contributed by atoms with Crippen molar-refractivity contribution in [2.24, 2.45) is 0 Å². The van der Waals surface area contributed by atoms with Crippen LogP contribution in [0.3, 0.4) is 0 Å². The van der Waals surface area contributed by atoms with Crippen LogP contribution in [0.1, 0.15) is 25.3 Å². The van der Waals surface area contributed by atoms with Gasteiger partial charge in [0.2, 0.25) is 0 Å². The van der Waals surface area contributed by atoms with Gasteiger partial charge in [-0.15, -0.1) is 0 Å². The van der Waals surface area contributed by atoms with E-state index in [1.165, 1.54) is 11.3 Å². The summed E-state index contributed by atoms with van der Waals surface area (Å²) in [7, 11) is 0. The molecule has 0 saturated carbocycles. The van der Waals surface area contributed by atoms with Gasteiger partial charge in [0.1, 0.15) is 5.75 Å². The van der Waals surface area contributed by atoms with Crippen molar-refractivity contribution in [3.63, 3.8) is 0 Å². The second-order valence-corrected chi connectivity index (χ2v) is 6.91. The molecule has 4 rings (SSSR count). The Labute approximate surface area is 149 Å². The minimum Gasteiger partial charge on any atom is -0.494 e. The molecule has 0 unspecified atom stereocenters. The molecule has 2 heterocycles. The maximum Gasteiger partial charge on any atom is 0.274 e. The zero-order chi connectivity index (χ0) is 17.2. The molecule has 0 fully saturated rings. The maximum absolute atomic E-state index is 12.7. The molecule has 4 nitrogen and oxygen atoms in total. The van der Waals surface area contributed by atoms with Crippen LogP contribution in [0.2, 0.25) is 0 Å². The summed E-state index contributed by atoms with van der Waals surface area (Å²) in [6.45, 7) is 2.88. The molecule has 126 valence electrons. The van der Waals surface area contributed by atoms with Crippen LogP contribution in [0.15, 0.2) is 53.3 Å². The van der Waals surface area contributed by atoms with E-state index >= 15 is 0 Å². The number of hydrogen-bond acceptors (Lipinski definition) is 4. The maximum atomic E-state index is 12.7. The molecule has 0 amide bonds. The van der Waals surface area contributed by atoms with E-state index in [0.29, 0.717) is 4.53 Å². The SMILES string of the molecule is CCCCOc1ccc(/C=c2\sc3nc4ccccc4n3c2=O)cc1. The predicted octanol–water partition coefficient (Wildman–Crippen LogP) is 3.64. The highest BCUT2D eigenvalue weighted by Crippen LogP contribution is 2.16. The monoisotopic (exact) mass is 350 g/mol. The highest BCUT2D eigenvalue weighted by atomic mass is 32.1. The van der Waals surface area contributed by atoms with Gasteiger partial charge in [-0.3, -0.25) is 4.79 Å². The summed E-state index contributed by atoms with van der Waals surface area (Å²) in [5, 5.41) is 0. The minimum absolute atomic E-state index is 0.0167. The van der Waals surface area contributed by atoms with Crippen molar-refractivity contribution in [2.45, 2.75) is 19.8 Å². The molecule has 0 aliphatic carbocycles. The van der Waals surface area contributed by atoms with E-state index in [-0.39, 0.29) is 5.56 Å². The molecule has 2 aromatic carbocycles. The van der Waals surface area contributed by atoms with Crippen molar-refractivity contribution in [1.82, 2.24) is 9.38 Å². The number of fused-ring (bicyclic) bond motifs is 3.